The zero-order valence-corrected chi connectivity index (χ0v) is 6.71. The van der Waals surface area contributed by atoms with Crippen molar-refractivity contribution in [2.24, 2.45) is 0 Å². The first kappa shape index (κ1) is 9.85. The first-order valence-corrected chi connectivity index (χ1v) is 4.26. The van der Waals surface area contributed by atoms with Crippen molar-refractivity contribution in [2.45, 2.75) is 6.42 Å². The van der Waals surface area contributed by atoms with Gasteiger partial charge in [-0.3, -0.25) is 9.05 Å². The lowest BCUT2D eigenvalue weighted by atomic mass is 10.5. The minimum absolute atomic E-state index is 0.158. The van der Waals surface area contributed by atoms with Gasteiger partial charge in [0.2, 0.25) is 0 Å². The van der Waals surface area contributed by atoms with Crippen molar-refractivity contribution in [1.82, 2.24) is 0 Å². The predicted octanol–water partition coefficient (Wildman–Crippen LogP) is 1.33. The third-order valence-corrected chi connectivity index (χ3v) is 1.78. The summed E-state index contributed by atoms with van der Waals surface area (Å²) in [5.41, 5.74) is 0. The van der Waals surface area contributed by atoms with Crippen molar-refractivity contribution in [1.29, 1.82) is 0 Å². The van der Waals surface area contributed by atoms with Gasteiger partial charge in [0, 0.05) is 7.11 Å². The van der Waals surface area contributed by atoms with E-state index in [9.17, 15) is 4.57 Å². The molecule has 1 unspecified atom stereocenters. The molecule has 0 aliphatic carbocycles. The number of rotatable bonds is 5. The maximum absolute atomic E-state index is 10.5. The molecule has 0 rings (SSSR count). The van der Waals surface area contributed by atoms with E-state index in [0.717, 1.165) is 7.11 Å². The zero-order valence-electron chi connectivity index (χ0n) is 5.82. The largest absolute Gasteiger partial charge is 0.471 e. The Kier molecular flexibility index (Phi) is 4.56. The van der Waals surface area contributed by atoms with E-state index in [1.54, 1.807) is 6.08 Å². The minimum atomic E-state index is -3.75. The molecular weight excluding hydrogens is 155 g/mol. The number of phosphoric acid groups is 1. The van der Waals surface area contributed by atoms with Gasteiger partial charge < -0.3 is 4.89 Å². The molecule has 0 fully saturated rings. The Bertz CT molecular complexity index is 145. The minimum Gasteiger partial charge on any atom is -0.303 e. The fourth-order valence-electron chi connectivity index (χ4n) is 0.304. The monoisotopic (exact) mass is 166 g/mol. The van der Waals surface area contributed by atoms with Crippen LogP contribution in [0, 0.1) is 0 Å². The van der Waals surface area contributed by atoms with Crippen LogP contribution >= 0.6 is 7.82 Å². The van der Waals surface area contributed by atoms with Crippen molar-refractivity contribution in [2.75, 3.05) is 13.7 Å². The van der Waals surface area contributed by atoms with Crippen LogP contribution < -0.4 is 0 Å². The fraction of sp³-hybridized carbons (Fsp3) is 0.600. The molecule has 1 atom stereocenters. The maximum Gasteiger partial charge on any atom is 0.471 e. The van der Waals surface area contributed by atoms with Crippen LogP contribution in [-0.2, 0) is 13.6 Å². The molecule has 10 heavy (non-hydrogen) atoms. The zero-order chi connectivity index (χ0) is 8.04. The Hall–Kier alpha value is -0.150. The van der Waals surface area contributed by atoms with Gasteiger partial charge in [-0.1, -0.05) is 6.08 Å². The molecule has 0 heterocycles. The average molecular weight is 166 g/mol. The molecule has 0 bridgehead atoms. The molecule has 1 N–H and O–H groups in total. The molecule has 0 amide bonds. The van der Waals surface area contributed by atoms with Crippen LogP contribution in [0.1, 0.15) is 6.42 Å². The summed E-state index contributed by atoms with van der Waals surface area (Å²) in [6.45, 7) is 3.57. The lowest BCUT2D eigenvalue weighted by Gasteiger charge is -2.06. The van der Waals surface area contributed by atoms with Gasteiger partial charge in [0.15, 0.2) is 0 Å². The van der Waals surface area contributed by atoms with E-state index in [-0.39, 0.29) is 6.61 Å². The van der Waals surface area contributed by atoms with Gasteiger partial charge in [-0.05, 0) is 6.42 Å². The molecule has 5 heteroatoms. The Morgan fingerprint density at radius 3 is 2.80 bits per heavy atom. The molecule has 0 saturated heterocycles. The van der Waals surface area contributed by atoms with E-state index in [1.165, 1.54) is 0 Å². The Balaban J connectivity index is 3.47. The lowest BCUT2D eigenvalue weighted by Crippen LogP contribution is -1.92. The van der Waals surface area contributed by atoms with E-state index < -0.39 is 7.82 Å². The van der Waals surface area contributed by atoms with Crippen LogP contribution in [0.3, 0.4) is 0 Å². The highest BCUT2D eigenvalue weighted by atomic mass is 31.2. The van der Waals surface area contributed by atoms with Crippen molar-refractivity contribution >= 4 is 7.82 Å². The van der Waals surface area contributed by atoms with Gasteiger partial charge in [0.05, 0.1) is 6.61 Å². The van der Waals surface area contributed by atoms with Crippen LogP contribution in [0.15, 0.2) is 12.7 Å². The van der Waals surface area contributed by atoms with Crippen LogP contribution in [0.2, 0.25) is 0 Å². The van der Waals surface area contributed by atoms with E-state index in [4.69, 9.17) is 4.89 Å². The molecule has 0 aromatic rings. The van der Waals surface area contributed by atoms with E-state index in [0.29, 0.717) is 6.42 Å². The summed E-state index contributed by atoms with van der Waals surface area (Å²) in [6.07, 6.45) is 2.13. The smallest absolute Gasteiger partial charge is 0.303 e. The van der Waals surface area contributed by atoms with Crippen LogP contribution in [-0.4, -0.2) is 18.6 Å². The number of hydrogen-bond donors (Lipinski definition) is 1. The highest BCUT2D eigenvalue weighted by Gasteiger charge is 2.16. The standard InChI is InChI=1S/C5H11O4P/c1-3-4-5-9-10(6,7)8-2/h3H,1,4-5H2,2H3,(H,6,7). The van der Waals surface area contributed by atoms with Crippen molar-refractivity contribution in [3.63, 3.8) is 0 Å². The first-order chi connectivity index (χ1) is 4.62. The lowest BCUT2D eigenvalue weighted by molar-refractivity contribution is 0.176. The summed E-state index contributed by atoms with van der Waals surface area (Å²) in [7, 11) is -2.63. The van der Waals surface area contributed by atoms with Gasteiger partial charge in [-0.25, -0.2) is 4.57 Å². The highest BCUT2D eigenvalue weighted by molar-refractivity contribution is 7.47. The number of hydrogen-bond acceptors (Lipinski definition) is 3. The Morgan fingerprint density at radius 2 is 2.40 bits per heavy atom. The molecule has 0 aromatic heterocycles. The summed E-state index contributed by atoms with van der Waals surface area (Å²) >= 11 is 0. The quantitative estimate of drug-likeness (QED) is 0.380. The molecule has 60 valence electrons. The third kappa shape index (κ3) is 4.70. The summed E-state index contributed by atoms with van der Waals surface area (Å²) in [5.74, 6) is 0. The molecule has 4 nitrogen and oxygen atoms in total. The van der Waals surface area contributed by atoms with Gasteiger partial charge >= 0.3 is 7.82 Å². The van der Waals surface area contributed by atoms with Gasteiger partial charge in [0.25, 0.3) is 0 Å². The second-order valence-corrected chi connectivity index (χ2v) is 3.12. The van der Waals surface area contributed by atoms with E-state index in [2.05, 4.69) is 15.6 Å². The molecular formula is C5H11O4P. The summed E-state index contributed by atoms with van der Waals surface area (Å²) in [6, 6.07) is 0. The average Bonchev–Trinajstić information content (AvgIpc) is 1.89. The van der Waals surface area contributed by atoms with Crippen molar-refractivity contribution < 1.29 is 18.5 Å². The van der Waals surface area contributed by atoms with E-state index in [1.807, 2.05) is 0 Å². The number of phosphoric ester groups is 1. The SMILES string of the molecule is C=CCCOP(=O)(O)OC. The Labute approximate surface area is 60.1 Å². The fourth-order valence-corrected chi connectivity index (χ4v) is 0.746. The third-order valence-electron chi connectivity index (χ3n) is 0.807. The normalized spacial score (nSPS) is 16.2. The van der Waals surface area contributed by atoms with Gasteiger partial charge in [0.1, 0.15) is 0 Å². The van der Waals surface area contributed by atoms with Crippen LogP contribution in [0.25, 0.3) is 0 Å². The van der Waals surface area contributed by atoms with Gasteiger partial charge in [-0.2, -0.15) is 0 Å². The molecule has 0 saturated carbocycles. The predicted molar refractivity (Wildman–Crippen MR) is 37.6 cm³/mol. The first-order valence-electron chi connectivity index (χ1n) is 2.76. The van der Waals surface area contributed by atoms with E-state index >= 15 is 0 Å². The highest BCUT2D eigenvalue weighted by Crippen LogP contribution is 2.41. The summed E-state index contributed by atoms with van der Waals surface area (Å²) in [5, 5.41) is 0. The van der Waals surface area contributed by atoms with Crippen LogP contribution in [0.4, 0.5) is 0 Å². The second-order valence-electron chi connectivity index (χ2n) is 1.56. The molecule has 0 radical (unpaired) electrons. The van der Waals surface area contributed by atoms with Crippen LogP contribution in [0.5, 0.6) is 0 Å². The van der Waals surface area contributed by atoms with Crippen molar-refractivity contribution in [3.05, 3.63) is 12.7 Å². The summed E-state index contributed by atoms with van der Waals surface area (Å²) < 4.78 is 19.1. The summed E-state index contributed by atoms with van der Waals surface area (Å²) in [4.78, 5) is 8.63. The van der Waals surface area contributed by atoms with Crippen molar-refractivity contribution in [3.8, 4) is 0 Å². The molecule has 0 aromatic carbocycles. The Morgan fingerprint density at radius 1 is 1.80 bits per heavy atom. The molecule has 0 aliphatic heterocycles. The van der Waals surface area contributed by atoms with Gasteiger partial charge in [-0.15, -0.1) is 6.58 Å². The topological polar surface area (TPSA) is 55.8 Å². The molecule has 0 aliphatic rings. The maximum atomic E-state index is 10.5. The molecule has 0 spiro atoms. The second kappa shape index (κ2) is 4.63.